The highest BCUT2D eigenvalue weighted by Gasteiger charge is 1.97. The van der Waals surface area contributed by atoms with Crippen LogP contribution in [0, 0.1) is 5.92 Å². The quantitative estimate of drug-likeness (QED) is 0.466. The molecule has 0 amide bonds. The van der Waals surface area contributed by atoms with Gasteiger partial charge >= 0.3 is 0 Å². The zero-order chi connectivity index (χ0) is 9.94. The summed E-state index contributed by atoms with van der Waals surface area (Å²) in [7, 11) is 0. The van der Waals surface area contributed by atoms with Crippen LogP contribution in [0.4, 0.5) is 0 Å². The van der Waals surface area contributed by atoms with Gasteiger partial charge in [0.2, 0.25) is 0 Å². The first-order chi connectivity index (χ1) is 6.31. The summed E-state index contributed by atoms with van der Waals surface area (Å²) in [4.78, 5) is 0. The van der Waals surface area contributed by atoms with Crippen LogP contribution in [0.1, 0.15) is 51.9 Å². The molecule has 0 bridgehead atoms. The molecule has 0 radical (unpaired) electrons. The summed E-state index contributed by atoms with van der Waals surface area (Å²) in [6.07, 6.45) is 9.47. The second-order valence-electron chi connectivity index (χ2n) is 3.97. The highest BCUT2D eigenvalue weighted by molar-refractivity contribution is 7.80. The molecule has 1 nitrogen and oxygen atoms in total. The highest BCUT2D eigenvalue weighted by Crippen LogP contribution is 2.11. The van der Waals surface area contributed by atoms with Crippen molar-refractivity contribution in [2.75, 3.05) is 12.3 Å². The van der Waals surface area contributed by atoms with Crippen LogP contribution in [0.25, 0.3) is 0 Å². The third-order valence-corrected chi connectivity index (χ3v) is 2.82. The van der Waals surface area contributed by atoms with E-state index in [9.17, 15) is 0 Å². The molecule has 0 spiro atoms. The van der Waals surface area contributed by atoms with Crippen LogP contribution >= 0.6 is 25.0 Å². The van der Waals surface area contributed by atoms with E-state index >= 15 is 0 Å². The molecular formula is C11H26ClNS. The van der Waals surface area contributed by atoms with Crippen LogP contribution in [0.3, 0.4) is 0 Å². The van der Waals surface area contributed by atoms with Gasteiger partial charge in [0, 0.05) is 0 Å². The van der Waals surface area contributed by atoms with Gasteiger partial charge in [-0.2, -0.15) is 12.6 Å². The fourth-order valence-corrected chi connectivity index (χ4v) is 1.65. The van der Waals surface area contributed by atoms with Crippen LogP contribution in [-0.4, -0.2) is 12.3 Å². The molecule has 3 heteroatoms. The van der Waals surface area contributed by atoms with E-state index in [1.807, 2.05) is 0 Å². The van der Waals surface area contributed by atoms with E-state index in [0.717, 1.165) is 18.2 Å². The van der Waals surface area contributed by atoms with Gasteiger partial charge in [0.25, 0.3) is 0 Å². The van der Waals surface area contributed by atoms with Crippen molar-refractivity contribution in [2.24, 2.45) is 11.7 Å². The van der Waals surface area contributed by atoms with Crippen molar-refractivity contribution in [1.29, 1.82) is 0 Å². The second-order valence-corrected chi connectivity index (χ2v) is 4.42. The second kappa shape index (κ2) is 13.6. The average molecular weight is 240 g/mol. The first-order valence-electron chi connectivity index (χ1n) is 5.62. The Balaban J connectivity index is 0. The third-order valence-electron chi connectivity index (χ3n) is 2.51. The van der Waals surface area contributed by atoms with Crippen molar-refractivity contribution in [3.8, 4) is 0 Å². The average Bonchev–Trinajstić information content (AvgIpc) is 2.16. The summed E-state index contributed by atoms with van der Waals surface area (Å²) < 4.78 is 0. The van der Waals surface area contributed by atoms with Gasteiger partial charge in [-0.15, -0.1) is 12.4 Å². The van der Waals surface area contributed by atoms with E-state index in [0.29, 0.717) is 0 Å². The van der Waals surface area contributed by atoms with Crippen molar-refractivity contribution < 1.29 is 0 Å². The number of halogens is 1. The van der Waals surface area contributed by atoms with E-state index in [4.69, 9.17) is 5.73 Å². The van der Waals surface area contributed by atoms with Crippen LogP contribution in [0.5, 0.6) is 0 Å². The molecule has 0 aromatic rings. The van der Waals surface area contributed by atoms with Crippen molar-refractivity contribution in [2.45, 2.75) is 51.9 Å². The summed E-state index contributed by atoms with van der Waals surface area (Å²) in [5, 5.41) is 0. The van der Waals surface area contributed by atoms with E-state index in [1.54, 1.807) is 0 Å². The van der Waals surface area contributed by atoms with Crippen LogP contribution in [0.15, 0.2) is 0 Å². The molecule has 1 atom stereocenters. The fourth-order valence-electron chi connectivity index (χ4n) is 1.43. The Morgan fingerprint density at radius 3 is 2.00 bits per heavy atom. The van der Waals surface area contributed by atoms with Crippen molar-refractivity contribution >= 4 is 25.0 Å². The van der Waals surface area contributed by atoms with Crippen LogP contribution < -0.4 is 5.73 Å². The highest BCUT2D eigenvalue weighted by atomic mass is 35.5. The normalized spacial score (nSPS) is 12.2. The molecule has 0 aliphatic heterocycles. The summed E-state index contributed by atoms with van der Waals surface area (Å²) >= 11 is 4.19. The molecule has 0 heterocycles. The number of hydrogen-bond donors (Lipinski definition) is 2. The van der Waals surface area contributed by atoms with Gasteiger partial charge < -0.3 is 5.73 Å². The van der Waals surface area contributed by atoms with Gasteiger partial charge in [0.15, 0.2) is 0 Å². The first kappa shape index (κ1) is 17.0. The largest absolute Gasteiger partial charge is 0.330 e. The number of unbranched alkanes of at least 4 members (excludes halogenated alkanes) is 5. The van der Waals surface area contributed by atoms with E-state index in [-0.39, 0.29) is 12.4 Å². The SMILES string of the molecule is CC(CN)CCCCCCCCS.Cl. The standard InChI is InChI=1S/C11H25NS.ClH/c1-11(10-12)8-6-4-2-3-5-7-9-13;/h11,13H,2-10,12H2,1H3;1H. The summed E-state index contributed by atoms with van der Waals surface area (Å²) in [5.41, 5.74) is 5.54. The van der Waals surface area contributed by atoms with Crippen LogP contribution in [0.2, 0.25) is 0 Å². The van der Waals surface area contributed by atoms with Crippen LogP contribution in [-0.2, 0) is 0 Å². The topological polar surface area (TPSA) is 26.0 Å². The van der Waals surface area contributed by atoms with Gasteiger partial charge in [-0.25, -0.2) is 0 Å². The summed E-state index contributed by atoms with van der Waals surface area (Å²) in [5.74, 6) is 1.77. The third kappa shape index (κ3) is 12.6. The minimum Gasteiger partial charge on any atom is -0.330 e. The molecule has 0 aliphatic carbocycles. The molecule has 14 heavy (non-hydrogen) atoms. The van der Waals surface area contributed by atoms with Gasteiger partial charge in [-0.3, -0.25) is 0 Å². The van der Waals surface area contributed by atoms with Crippen molar-refractivity contribution in [3.05, 3.63) is 0 Å². The first-order valence-corrected chi connectivity index (χ1v) is 6.25. The summed E-state index contributed by atoms with van der Waals surface area (Å²) in [6, 6.07) is 0. The Labute approximate surface area is 101 Å². The Morgan fingerprint density at radius 2 is 1.50 bits per heavy atom. The van der Waals surface area contributed by atoms with E-state index in [2.05, 4.69) is 19.6 Å². The molecule has 0 aromatic carbocycles. The smallest absolute Gasteiger partial charge is 0.00515 e. The minimum absolute atomic E-state index is 0. The molecule has 0 aromatic heterocycles. The molecule has 0 fully saturated rings. The Morgan fingerprint density at radius 1 is 1.00 bits per heavy atom. The molecule has 88 valence electrons. The maximum atomic E-state index is 5.54. The zero-order valence-corrected chi connectivity index (χ0v) is 11.1. The van der Waals surface area contributed by atoms with Gasteiger partial charge in [0.1, 0.15) is 0 Å². The molecule has 0 aliphatic rings. The predicted molar refractivity (Wildman–Crippen MR) is 71.6 cm³/mol. The predicted octanol–water partition coefficient (Wildman–Crippen LogP) is 3.66. The maximum absolute atomic E-state index is 5.54. The molecule has 0 saturated carbocycles. The zero-order valence-electron chi connectivity index (χ0n) is 9.37. The van der Waals surface area contributed by atoms with Gasteiger partial charge in [-0.1, -0.05) is 39.0 Å². The Hall–Kier alpha value is 0.600. The molecular weight excluding hydrogens is 214 g/mol. The van der Waals surface area contributed by atoms with Gasteiger partial charge in [-0.05, 0) is 31.1 Å². The lowest BCUT2D eigenvalue weighted by molar-refractivity contribution is 0.491. The number of thiol groups is 1. The number of nitrogens with two attached hydrogens (primary N) is 1. The molecule has 0 rings (SSSR count). The Bertz CT molecular complexity index is 101. The van der Waals surface area contributed by atoms with Crippen molar-refractivity contribution in [1.82, 2.24) is 0 Å². The van der Waals surface area contributed by atoms with E-state index < -0.39 is 0 Å². The lowest BCUT2D eigenvalue weighted by Crippen LogP contribution is -2.10. The maximum Gasteiger partial charge on any atom is -0.00515 e. The van der Waals surface area contributed by atoms with Gasteiger partial charge in [0.05, 0.1) is 0 Å². The summed E-state index contributed by atoms with van der Waals surface area (Å²) in [6.45, 7) is 3.08. The van der Waals surface area contributed by atoms with Crippen molar-refractivity contribution in [3.63, 3.8) is 0 Å². The monoisotopic (exact) mass is 239 g/mol. The molecule has 0 saturated heterocycles. The lowest BCUT2D eigenvalue weighted by Gasteiger charge is -2.07. The fraction of sp³-hybridized carbons (Fsp3) is 1.00. The molecule has 2 N–H and O–H groups in total. The number of rotatable bonds is 9. The molecule has 1 unspecified atom stereocenters. The lowest BCUT2D eigenvalue weighted by atomic mass is 10.0. The minimum atomic E-state index is 0. The number of hydrogen-bond acceptors (Lipinski definition) is 2. The Kier molecular flexibility index (Phi) is 16.5. The van der Waals surface area contributed by atoms with E-state index in [1.165, 1.54) is 44.9 Å².